The number of fused-ring (bicyclic) bond motifs is 1. The van der Waals surface area contributed by atoms with E-state index >= 15 is 0 Å². The highest BCUT2D eigenvalue weighted by Crippen LogP contribution is 2.25. The van der Waals surface area contributed by atoms with E-state index in [0.717, 1.165) is 0 Å². The topological polar surface area (TPSA) is 69.1 Å². The third kappa shape index (κ3) is 1.48. The monoisotopic (exact) mass is 247 g/mol. The molecule has 0 aliphatic heterocycles. The molecule has 0 aliphatic rings. The van der Waals surface area contributed by atoms with Gasteiger partial charge in [0.15, 0.2) is 11.5 Å². The minimum Gasteiger partial charge on any atom is -0.396 e. The van der Waals surface area contributed by atoms with Crippen LogP contribution < -0.4 is 5.73 Å². The van der Waals surface area contributed by atoms with E-state index in [1.165, 1.54) is 16.8 Å². The van der Waals surface area contributed by atoms with E-state index in [-0.39, 0.29) is 17.1 Å². The molecule has 0 spiro atoms. The summed E-state index contributed by atoms with van der Waals surface area (Å²) in [5, 5.41) is 11.7. The minimum atomic E-state index is -0.807. The highest BCUT2D eigenvalue weighted by atomic mass is 19.1. The van der Waals surface area contributed by atoms with Crippen LogP contribution in [-0.4, -0.2) is 19.8 Å². The van der Waals surface area contributed by atoms with Crippen LogP contribution in [0, 0.1) is 11.6 Å². The van der Waals surface area contributed by atoms with Gasteiger partial charge in [-0.3, -0.25) is 0 Å². The lowest BCUT2D eigenvalue weighted by Crippen LogP contribution is -1.99. The summed E-state index contributed by atoms with van der Waals surface area (Å²) in [4.78, 5) is 0. The zero-order valence-electron chi connectivity index (χ0n) is 9.01. The molecule has 3 rings (SSSR count). The molecule has 0 saturated heterocycles. The molecule has 18 heavy (non-hydrogen) atoms. The van der Waals surface area contributed by atoms with E-state index in [0.29, 0.717) is 11.7 Å². The zero-order valence-corrected chi connectivity index (χ0v) is 9.01. The van der Waals surface area contributed by atoms with E-state index < -0.39 is 11.6 Å². The fourth-order valence-corrected chi connectivity index (χ4v) is 1.65. The Morgan fingerprint density at radius 1 is 1.11 bits per heavy atom. The molecule has 0 fully saturated rings. The number of nitrogens with zero attached hydrogens (tertiary/aromatic N) is 4. The molecule has 3 aromatic rings. The van der Waals surface area contributed by atoms with Crippen LogP contribution in [0.2, 0.25) is 0 Å². The maximum Gasteiger partial charge on any atom is 0.188 e. The number of rotatable bonds is 1. The molecular formula is C11H7F2N5. The van der Waals surface area contributed by atoms with Gasteiger partial charge in [0, 0.05) is 12.3 Å². The fraction of sp³-hybridized carbons (Fsp3) is 0. The Kier molecular flexibility index (Phi) is 2.19. The summed E-state index contributed by atoms with van der Waals surface area (Å²) in [6.07, 6.45) is 1.52. The molecule has 2 heterocycles. The quantitative estimate of drug-likeness (QED) is 0.664. The number of aromatic nitrogens is 4. The lowest BCUT2D eigenvalue weighted by Gasteiger charge is -2.03. The van der Waals surface area contributed by atoms with Crippen molar-refractivity contribution in [3.05, 3.63) is 42.1 Å². The van der Waals surface area contributed by atoms with Gasteiger partial charge in [0.2, 0.25) is 0 Å². The second kappa shape index (κ2) is 3.73. The first kappa shape index (κ1) is 10.6. The first-order chi connectivity index (χ1) is 8.66. The molecule has 0 atom stereocenters. The summed E-state index contributed by atoms with van der Waals surface area (Å²) in [7, 11) is 0. The van der Waals surface area contributed by atoms with E-state index in [9.17, 15) is 8.78 Å². The van der Waals surface area contributed by atoms with E-state index in [1.807, 2.05) is 0 Å². The van der Waals surface area contributed by atoms with Gasteiger partial charge in [0.25, 0.3) is 0 Å². The second-order valence-electron chi connectivity index (χ2n) is 3.67. The molecule has 0 amide bonds. The Balaban J connectivity index is 2.29. The van der Waals surface area contributed by atoms with Gasteiger partial charge in [-0.2, -0.15) is 9.61 Å². The Morgan fingerprint density at radius 2 is 1.94 bits per heavy atom. The Morgan fingerprint density at radius 3 is 2.78 bits per heavy atom. The summed E-state index contributed by atoms with van der Waals surface area (Å²) in [5.74, 6) is -1.39. The number of nitrogen functional groups attached to an aromatic ring is 1. The van der Waals surface area contributed by atoms with Crippen LogP contribution >= 0.6 is 0 Å². The normalized spacial score (nSPS) is 11.0. The van der Waals surface area contributed by atoms with Crippen LogP contribution in [0.1, 0.15) is 0 Å². The highest BCUT2D eigenvalue weighted by Gasteiger charge is 2.15. The van der Waals surface area contributed by atoms with Crippen molar-refractivity contribution in [3.8, 4) is 11.4 Å². The second-order valence-corrected chi connectivity index (χ2v) is 3.67. The smallest absolute Gasteiger partial charge is 0.188 e. The molecule has 90 valence electrons. The summed E-state index contributed by atoms with van der Waals surface area (Å²) in [6, 6.07) is 5.25. The van der Waals surface area contributed by atoms with Crippen molar-refractivity contribution in [2.24, 2.45) is 0 Å². The van der Waals surface area contributed by atoms with E-state index in [1.54, 1.807) is 12.1 Å². The number of anilines is 1. The summed E-state index contributed by atoms with van der Waals surface area (Å²) >= 11 is 0. The van der Waals surface area contributed by atoms with Gasteiger partial charge in [-0.25, -0.2) is 8.78 Å². The van der Waals surface area contributed by atoms with Gasteiger partial charge in [0.05, 0.1) is 11.3 Å². The third-order valence-electron chi connectivity index (χ3n) is 2.51. The Labute approximate surface area is 99.9 Å². The standard InChI is InChI=1S/C11H7F2N5/c12-7-5-8(13)9(14)4-6(7)11-17-16-10-2-1-3-15-18(10)11/h1-5H,14H2. The summed E-state index contributed by atoms with van der Waals surface area (Å²) < 4.78 is 28.2. The number of nitrogens with two attached hydrogens (primary N) is 1. The van der Waals surface area contributed by atoms with Crippen LogP contribution in [0.25, 0.3) is 17.0 Å². The average Bonchev–Trinajstić information content (AvgIpc) is 2.78. The summed E-state index contributed by atoms with van der Waals surface area (Å²) in [6.45, 7) is 0. The number of benzene rings is 1. The first-order valence-electron chi connectivity index (χ1n) is 5.08. The van der Waals surface area contributed by atoms with Crippen molar-refractivity contribution in [3.63, 3.8) is 0 Å². The SMILES string of the molecule is Nc1cc(-c2nnc3cccnn23)c(F)cc1F. The third-order valence-corrected chi connectivity index (χ3v) is 2.51. The van der Waals surface area contributed by atoms with Gasteiger partial charge >= 0.3 is 0 Å². The predicted molar refractivity (Wildman–Crippen MR) is 60.5 cm³/mol. The number of hydrogen-bond acceptors (Lipinski definition) is 4. The van der Waals surface area contributed by atoms with Crippen LogP contribution in [0.15, 0.2) is 30.5 Å². The molecular weight excluding hydrogens is 240 g/mol. The molecule has 7 heteroatoms. The van der Waals surface area contributed by atoms with Gasteiger partial charge in [-0.15, -0.1) is 10.2 Å². The maximum absolute atomic E-state index is 13.7. The van der Waals surface area contributed by atoms with Crippen molar-refractivity contribution in [2.75, 3.05) is 5.73 Å². The number of halogens is 2. The molecule has 0 radical (unpaired) electrons. The van der Waals surface area contributed by atoms with Crippen molar-refractivity contribution < 1.29 is 8.78 Å². The lowest BCUT2D eigenvalue weighted by atomic mass is 10.1. The zero-order chi connectivity index (χ0) is 12.7. The average molecular weight is 247 g/mol. The Hall–Kier alpha value is -2.57. The molecule has 2 aromatic heterocycles. The maximum atomic E-state index is 13.7. The summed E-state index contributed by atoms with van der Waals surface area (Å²) in [5.41, 5.74) is 5.79. The van der Waals surface area contributed by atoms with Gasteiger partial charge in [-0.05, 0) is 18.2 Å². The van der Waals surface area contributed by atoms with E-state index in [4.69, 9.17) is 5.73 Å². The molecule has 5 nitrogen and oxygen atoms in total. The lowest BCUT2D eigenvalue weighted by molar-refractivity contribution is 0.587. The van der Waals surface area contributed by atoms with Gasteiger partial charge in [0.1, 0.15) is 11.6 Å². The van der Waals surface area contributed by atoms with Gasteiger partial charge in [-0.1, -0.05) is 0 Å². The predicted octanol–water partition coefficient (Wildman–Crippen LogP) is 1.65. The molecule has 0 unspecified atom stereocenters. The molecule has 0 bridgehead atoms. The molecule has 2 N–H and O–H groups in total. The van der Waals surface area contributed by atoms with Crippen LogP contribution in [0.3, 0.4) is 0 Å². The van der Waals surface area contributed by atoms with E-state index in [2.05, 4.69) is 15.3 Å². The van der Waals surface area contributed by atoms with Gasteiger partial charge < -0.3 is 5.73 Å². The minimum absolute atomic E-state index is 0.0556. The molecule has 0 aliphatic carbocycles. The highest BCUT2D eigenvalue weighted by molar-refractivity contribution is 5.64. The van der Waals surface area contributed by atoms with Crippen LogP contribution in [0.4, 0.5) is 14.5 Å². The molecule has 0 saturated carbocycles. The van der Waals surface area contributed by atoms with Crippen molar-refractivity contribution in [2.45, 2.75) is 0 Å². The van der Waals surface area contributed by atoms with Crippen molar-refractivity contribution >= 4 is 11.3 Å². The largest absolute Gasteiger partial charge is 0.396 e. The van der Waals surface area contributed by atoms with Crippen LogP contribution in [-0.2, 0) is 0 Å². The van der Waals surface area contributed by atoms with Crippen molar-refractivity contribution in [1.82, 2.24) is 19.8 Å². The first-order valence-corrected chi connectivity index (χ1v) is 5.08. The number of hydrogen-bond donors (Lipinski definition) is 1. The van der Waals surface area contributed by atoms with Crippen LogP contribution in [0.5, 0.6) is 0 Å². The van der Waals surface area contributed by atoms with Crippen molar-refractivity contribution in [1.29, 1.82) is 0 Å². The fourth-order valence-electron chi connectivity index (χ4n) is 1.65. The molecule has 1 aromatic carbocycles. The Bertz CT molecular complexity index is 737.